The van der Waals surface area contributed by atoms with Gasteiger partial charge in [0.1, 0.15) is 18.0 Å². The number of carbonyl (C=O) groups excluding carboxylic acids is 2. The number of esters is 1. The fraction of sp³-hybridized carbons (Fsp3) is 0.316. The van der Waals surface area contributed by atoms with Crippen LogP contribution >= 0.6 is 11.8 Å². The fourth-order valence-electron chi connectivity index (χ4n) is 2.56. The Morgan fingerprint density at radius 3 is 2.83 bits per heavy atom. The molecule has 3 heterocycles. The Kier molecular flexibility index (Phi) is 6.32. The van der Waals surface area contributed by atoms with Crippen molar-refractivity contribution in [1.29, 1.82) is 0 Å². The zero-order valence-corrected chi connectivity index (χ0v) is 17.0. The number of carbonyl (C=O) groups is 2. The third kappa shape index (κ3) is 5.23. The lowest BCUT2D eigenvalue weighted by Crippen LogP contribution is -2.24. The summed E-state index contributed by atoms with van der Waals surface area (Å²) in [7, 11) is 0. The average Bonchev–Trinajstić information content (AvgIpc) is 3.08. The highest BCUT2D eigenvalue weighted by Gasteiger charge is 2.17. The number of pyridine rings is 1. The predicted octanol–water partition coefficient (Wildman–Crippen LogP) is 2.10. The highest BCUT2D eigenvalue weighted by atomic mass is 32.2. The molecule has 3 aromatic rings. The quantitative estimate of drug-likeness (QED) is 0.582. The summed E-state index contributed by atoms with van der Waals surface area (Å²) in [6.45, 7) is 5.09. The molecule has 9 nitrogen and oxygen atoms in total. The van der Waals surface area contributed by atoms with Crippen LogP contribution in [-0.2, 0) is 20.9 Å². The Hall–Kier alpha value is -3.14. The number of fused-ring (bicyclic) bond motifs is 1. The van der Waals surface area contributed by atoms with Gasteiger partial charge in [-0.3, -0.25) is 18.8 Å². The molecule has 0 aliphatic carbocycles. The first kappa shape index (κ1) is 20.6. The Morgan fingerprint density at radius 2 is 2.10 bits per heavy atom. The minimum atomic E-state index is -0.502. The van der Waals surface area contributed by atoms with Crippen LogP contribution in [0.5, 0.6) is 0 Å². The molecule has 3 aromatic heterocycles. The number of rotatable bonds is 7. The van der Waals surface area contributed by atoms with E-state index in [2.05, 4.69) is 15.5 Å². The molecule has 1 atom stereocenters. The Bertz CT molecular complexity index is 1110. The molecule has 0 spiro atoms. The van der Waals surface area contributed by atoms with Crippen molar-refractivity contribution >= 4 is 35.1 Å². The van der Waals surface area contributed by atoms with Crippen LogP contribution in [-0.4, -0.2) is 37.4 Å². The molecule has 1 N–H and O–H groups in total. The summed E-state index contributed by atoms with van der Waals surface area (Å²) in [5.41, 5.74) is 1.40. The number of anilines is 1. The van der Waals surface area contributed by atoms with Gasteiger partial charge in [0.25, 0.3) is 5.56 Å². The molecule has 1 amide bonds. The van der Waals surface area contributed by atoms with Crippen LogP contribution < -0.4 is 10.9 Å². The highest BCUT2D eigenvalue weighted by molar-refractivity contribution is 8.01. The number of hydrogen-bond donors (Lipinski definition) is 1. The van der Waals surface area contributed by atoms with E-state index in [4.69, 9.17) is 9.26 Å². The maximum absolute atomic E-state index is 12.2. The second-order valence-corrected chi connectivity index (χ2v) is 7.70. The minimum absolute atomic E-state index is 0.0158. The topological polar surface area (TPSA) is 116 Å². The number of nitrogens with zero attached hydrogens (tertiary/aromatic N) is 3. The van der Waals surface area contributed by atoms with Gasteiger partial charge < -0.3 is 14.6 Å². The van der Waals surface area contributed by atoms with Crippen molar-refractivity contribution in [3.05, 3.63) is 57.8 Å². The molecular weight excluding hydrogens is 396 g/mol. The van der Waals surface area contributed by atoms with E-state index in [0.717, 1.165) is 17.5 Å². The lowest BCUT2D eigenvalue weighted by atomic mass is 10.3. The average molecular weight is 416 g/mol. The molecule has 0 aliphatic heterocycles. The number of aromatic nitrogens is 3. The fourth-order valence-corrected chi connectivity index (χ4v) is 3.24. The van der Waals surface area contributed by atoms with Crippen LogP contribution in [0.1, 0.15) is 24.1 Å². The molecule has 0 unspecified atom stereocenters. The van der Waals surface area contributed by atoms with Crippen LogP contribution in [0.2, 0.25) is 0 Å². The summed E-state index contributed by atoms with van der Waals surface area (Å²) in [6, 6.07) is 8.28. The van der Waals surface area contributed by atoms with Gasteiger partial charge in [-0.1, -0.05) is 11.2 Å². The van der Waals surface area contributed by atoms with E-state index in [-0.39, 0.29) is 23.8 Å². The Morgan fingerprint density at radius 1 is 1.31 bits per heavy atom. The van der Waals surface area contributed by atoms with Crippen LogP contribution in [0.15, 0.2) is 39.6 Å². The third-order valence-electron chi connectivity index (χ3n) is 4.01. The van der Waals surface area contributed by atoms with Gasteiger partial charge in [-0.2, -0.15) is 0 Å². The monoisotopic (exact) mass is 416 g/mol. The van der Waals surface area contributed by atoms with Gasteiger partial charge in [0.05, 0.1) is 16.7 Å². The largest absolute Gasteiger partial charge is 0.459 e. The van der Waals surface area contributed by atoms with Gasteiger partial charge in [0.15, 0.2) is 5.82 Å². The van der Waals surface area contributed by atoms with Gasteiger partial charge in [-0.25, -0.2) is 4.98 Å². The van der Waals surface area contributed by atoms with Crippen LogP contribution in [0.4, 0.5) is 5.82 Å². The molecule has 0 saturated heterocycles. The molecule has 0 radical (unpaired) electrons. The van der Waals surface area contributed by atoms with Crippen molar-refractivity contribution in [1.82, 2.24) is 14.5 Å². The lowest BCUT2D eigenvalue weighted by Gasteiger charge is -2.10. The van der Waals surface area contributed by atoms with Crippen molar-refractivity contribution in [3.8, 4) is 0 Å². The van der Waals surface area contributed by atoms with E-state index in [1.165, 1.54) is 10.5 Å². The summed E-state index contributed by atoms with van der Waals surface area (Å²) < 4.78 is 11.6. The van der Waals surface area contributed by atoms with Gasteiger partial charge in [-0.05, 0) is 32.9 Å². The first-order chi connectivity index (χ1) is 13.8. The van der Waals surface area contributed by atoms with Crippen LogP contribution in [0.3, 0.4) is 0 Å². The van der Waals surface area contributed by atoms with Crippen molar-refractivity contribution in [2.75, 3.05) is 11.1 Å². The SMILES string of the molecule is Cc1cc(NC(=O)[C@H](C)SCC(=O)OCc2cc(=O)n3c(C)cccc3n2)no1. The van der Waals surface area contributed by atoms with Crippen molar-refractivity contribution in [3.63, 3.8) is 0 Å². The van der Waals surface area contributed by atoms with E-state index in [1.54, 1.807) is 32.0 Å². The first-order valence-electron chi connectivity index (χ1n) is 8.83. The first-order valence-corrected chi connectivity index (χ1v) is 9.88. The maximum atomic E-state index is 12.2. The Balaban J connectivity index is 1.50. The van der Waals surface area contributed by atoms with Gasteiger partial charge in [0.2, 0.25) is 5.91 Å². The predicted molar refractivity (Wildman–Crippen MR) is 108 cm³/mol. The highest BCUT2D eigenvalue weighted by Crippen LogP contribution is 2.15. The number of ether oxygens (including phenoxy) is 1. The molecule has 0 aliphatic rings. The zero-order valence-electron chi connectivity index (χ0n) is 16.2. The molecule has 10 heteroatoms. The van der Waals surface area contributed by atoms with Gasteiger partial charge in [-0.15, -0.1) is 11.8 Å². The van der Waals surface area contributed by atoms with Crippen molar-refractivity contribution in [2.24, 2.45) is 0 Å². The Labute approximate surface area is 170 Å². The summed E-state index contributed by atoms with van der Waals surface area (Å²) >= 11 is 1.13. The molecule has 0 aromatic carbocycles. The van der Waals surface area contributed by atoms with Crippen molar-refractivity contribution in [2.45, 2.75) is 32.6 Å². The van der Waals surface area contributed by atoms with E-state index in [1.807, 2.05) is 13.0 Å². The summed E-state index contributed by atoms with van der Waals surface area (Å²) in [6.07, 6.45) is 0. The number of nitrogens with one attached hydrogen (secondary N) is 1. The molecular formula is C19H20N4O5S. The number of hydrogen-bond acceptors (Lipinski definition) is 8. The maximum Gasteiger partial charge on any atom is 0.316 e. The number of thioether (sulfide) groups is 1. The zero-order chi connectivity index (χ0) is 21.0. The summed E-state index contributed by atoms with van der Waals surface area (Å²) in [5.74, 6) is 0.0968. The summed E-state index contributed by atoms with van der Waals surface area (Å²) in [4.78, 5) is 40.7. The lowest BCUT2D eigenvalue weighted by molar-refractivity contribution is -0.141. The molecule has 0 bridgehead atoms. The second kappa shape index (κ2) is 8.91. The summed E-state index contributed by atoms with van der Waals surface area (Å²) in [5, 5.41) is 5.80. The molecule has 0 saturated carbocycles. The molecule has 0 fully saturated rings. The van der Waals surface area contributed by atoms with Crippen LogP contribution in [0, 0.1) is 13.8 Å². The molecule has 3 rings (SSSR count). The van der Waals surface area contributed by atoms with E-state index in [0.29, 0.717) is 22.9 Å². The standard InChI is InChI=1S/C19H20N4O5S/c1-11-5-4-6-16-20-14(8-17(24)23(11)16)9-27-18(25)10-29-13(3)19(26)21-15-7-12(2)28-22-15/h4-8,13H,9-10H2,1-3H3,(H,21,22,26)/t13-/m0/s1. The smallest absolute Gasteiger partial charge is 0.316 e. The van der Waals surface area contributed by atoms with Gasteiger partial charge in [0, 0.05) is 17.8 Å². The van der Waals surface area contributed by atoms with E-state index >= 15 is 0 Å². The number of amides is 1. The number of aryl methyl sites for hydroxylation is 2. The second-order valence-electron chi connectivity index (χ2n) is 6.37. The van der Waals surface area contributed by atoms with E-state index in [9.17, 15) is 14.4 Å². The minimum Gasteiger partial charge on any atom is -0.459 e. The molecule has 29 heavy (non-hydrogen) atoms. The third-order valence-corrected chi connectivity index (χ3v) is 5.13. The van der Waals surface area contributed by atoms with E-state index < -0.39 is 11.2 Å². The molecule has 152 valence electrons. The van der Waals surface area contributed by atoms with Crippen molar-refractivity contribution < 1.29 is 18.8 Å². The normalized spacial score (nSPS) is 12.0. The van der Waals surface area contributed by atoms with Gasteiger partial charge >= 0.3 is 5.97 Å². The van der Waals surface area contributed by atoms with Crippen LogP contribution in [0.25, 0.3) is 5.65 Å².